The van der Waals surface area contributed by atoms with Crippen LogP contribution in [-0.4, -0.2) is 23.1 Å². The van der Waals surface area contributed by atoms with Crippen LogP contribution >= 0.6 is 0 Å². The molecule has 0 fully saturated rings. The van der Waals surface area contributed by atoms with E-state index < -0.39 is 6.85 Å². The molecule has 14 aromatic rings. The van der Waals surface area contributed by atoms with E-state index in [1.807, 2.05) is 36.5 Å². The van der Waals surface area contributed by atoms with Crippen LogP contribution in [0.25, 0.3) is 110 Å². The molecule has 5 heterocycles. The fourth-order valence-corrected chi connectivity index (χ4v) is 12.9. The Labute approximate surface area is 463 Å². The van der Waals surface area contributed by atoms with Crippen LogP contribution in [0.4, 0.5) is 0 Å². The van der Waals surface area contributed by atoms with Crippen LogP contribution in [0.15, 0.2) is 200 Å². The van der Waals surface area contributed by atoms with E-state index in [-0.39, 0.29) is 22.1 Å². The predicted octanol–water partition coefficient (Wildman–Crippen LogP) is 18.5. The Kier molecular flexibility index (Phi) is 9.89. The molecule has 0 atom stereocenters. The van der Waals surface area contributed by atoms with E-state index in [0.717, 1.165) is 87.2 Å². The van der Waals surface area contributed by atoms with Gasteiger partial charge in [0.1, 0.15) is 0 Å². The van der Waals surface area contributed by atoms with E-state index in [2.05, 4.69) is 244 Å². The molecule has 5 aromatic heterocycles. The van der Waals surface area contributed by atoms with Crippen molar-refractivity contribution in [2.24, 2.45) is 0 Å². The number of hydrogen-bond donors (Lipinski definition) is 0. The standard InChI is InChI=1S/C70H57N5O.Pt/c1-43-32-33-71-66(34-43)74-62-39-50(30-31-54(62)57-40-58-56-24-17-23-55-53-20-12-13-25-59(53)75(68(55)56)64(58)41-63(57)74)76-65-38-49(29-28-44(65)2)72-42-73(61-27-15-14-26-60(61)72)67-51(45-18-10-9-11-19-45)21-16-22-52(67)46-35-47(69(3,4)5)37-48(36-46)70(6,7)8;/h9-41H,1-8H3;/i2D3;. The molecular weight excluding hydrogens is 1120 g/mol. The minimum absolute atomic E-state index is 0.0892. The third-order valence-electron chi connectivity index (χ3n) is 15.7. The van der Waals surface area contributed by atoms with E-state index in [4.69, 9.17) is 13.8 Å². The van der Waals surface area contributed by atoms with Crippen molar-refractivity contribution in [2.45, 2.75) is 66.1 Å². The zero-order valence-corrected chi connectivity index (χ0v) is 46.3. The first kappa shape index (κ1) is 43.9. The van der Waals surface area contributed by atoms with Crippen molar-refractivity contribution < 1.29 is 28.2 Å². The van der Waals surface area contributed by atoms with Crippen LogP contribution in [-0.2, 0) is 30.2 Å². The molecule has 0 radical (unpaired) electrons. The minimum atomic E-state index is -2.48. The zero-order valence-electron chi connectivity index (χ0n) is 47.0. The number of aryl methyl sites for hydroxylation is 2. The van der Waals surface area contributed by atoms with Crippen molar-refractivity contribution in [3.05, 3.63) is 226 Å². The summed E-state index contributed by atoms with van der Waals surface area (Å²) >= 11 is 2.46. The Bertz CT molecular complexity index is 4880. The van der Waals surface area contributed by atoms with E-state index in [1.165, 1.54) is 43.7 Å². The Morgan fingerprint density at radius 3 is 1.83 bits per heavy atom. The fourth-order valence-electron chi connectivity index (χ4n) is 11.8. The third-order valence-corrected chi connectivity index (χ3v) is 16.7. The molecule has 0 aliphatic heterocycles. The van der Waals surface area contributed by atoms with Gasteiger partial charge in [0.15, 0.2) is 0 Å². The largest absolute Gasteiger partial charge is 0.0620 e. The van der Waals surface area contributed by atoms with E-state index >= 15 is 0 Å². The number of nitrogens with zero attached hydrogens (tertiary/aromatic N) is 5. The van der Waals surface area contributed by atoms with E-state index in [1.54, 1.807) is 6.07 Å². The summed E-state index contributed by atoms with van der Waals surface area (Å²) in [5, 5.41) is 6.97. The second-order valence-electron chi connectivity index (χ2n) is 22.7. The van der Waals surface area contributed by atoms with Gasteiger partial charge in [0.05, 0.1) is 16.6 Å². The van der Waals surface area contributed by atoms with Gasteiger partial charge in [-0.1, -0.05) is 36.4 Å². The second-order valence-corrected chi connectivity index (χ2v) is 23.7. The van der Waals surface area contributed by atoms with Crippen molar-refractivity contribution in [2.75, 3.05) is 0 Å². The molecule has 7 heteroatoms. The van der Waals surface area contributed by atoms with E-state index in [9.17, 15) is 0 Å². The van der Waals surface area contributed by atoms with Gasteiger partial charge in [0, 0.05) is 27.7 Å². The summed E-state index contributed by atoms with van der Waals surface area (Å²) in [4.78, 5) is 4.96. The van der Waals surface area contributed by atoms with Crippen LogP contribution in [0.2, 0.25) is 0 Å². The van der Waals surface area contributed by atoms with Gasteiger partial charge >= 0.3 is 356 Å². The van der Waals surface area contributed by atoms with Gasteiger partial charge in [-0.15, -0.1) is 0 Å². The number of pyridine rings is 1. The summed E-state index contributed by atoms with van der Waals surface area (Å²) in [7, 11) is 0. The van der Waals surface area contributed by atoms with Gasteiger partial charge in [-0.25, -0.2) is 0 Å². The van der Waals surface area contributed by atoms with Crippen molar-refractivity contribution in [3.8, 4) is 50.9 Å². The molecule has 0 N–H and O–H groups in total. The van der Waals surface area contributed by atoms with E-state index in [0.29, 0.717) is 5.75 Å². The molecule has 0 saturated heterocycles. The molecule has 0 aliphatic rings. The van der Waals surface area contributed by atoms with Crippen molar-refractivity contribution in [1.82, 2.24) is 23.1 Å². The van der Waals surface area contributed by atoms with Crippen LogP contribution < -0.4 is 4.74 Å². The second kappa shape index (κ2) is 17.4. The summed E-state index contributed by atoms with van der Waals surface area (Å²) in [6.07, 6.45) is 1.85. The first-order chi connectivity index (χ1) is 38.4. The number of benzene rings is 9. The van der Waals surface area contributed by atoms with Crippen molar-refractivity contribution in [3.63, 3.8) is 0 Å². The number of rotatable bonds is 7. The maximum Gasteiger partial charge on any atom is 0.0620 e. The molecule has 77 heavy (non-hydrogen) atoms. The van der Waals surface area contributed by atoms with Crippen LogP contribution in [0, 0.1) is 17.6 Å². The Morgan fingerprint density at radius 2 is 1.10 bits per heavy atom. The average Bonchev–Trinajstić information content (AvgIpc) is 3.96. The minimum Gasteiger partial charge on any atom is 0.0620 e. The van der Waals surface area contributed by atoms with Crippen LogP contribution in [0.5, 0.6) is 11.5 Å². The molecule has 0 spiro atoms. The molecule has 0 unspecified atom stereocenters. The first-order valence-corrected chi connectivity index (χ1v) is 27.5. The predicted molar refractivity (Wildman–Crippen MR) is 317 cm³/mol. The SMILES string of the molecule is [2H]C([2H])([2H])c1ccc(-n2[c](=[Pt])n(-c3c(-c4ccccc4)cccc3-c3cc(C(C)(C)C)cc(C(C)(C)C)c3)c3ccccc32)cc1Oc1ccc2c3cc4c5cccc6c7ccccc7n(c4cc3n(-c3cc(C)ccn3)c2c1)c65. The van der Waals surface area contributed by atoms with Gasteiger partial charge in [0.25, 0.3) is 0 Å². The maximum absolute atomic E-state index is 8.85. The summed E-state index contributed by atoms with van der Waals surface area (Å²) in [6, 6.07) is 68.4. The van der Waals surface area contributed by atoms with Crippen molar-refractivity contribution in [1.29, 1.82) is 0 Å². The monoisotopic (exact) mass is 1180 g/mol. The Hall–Kier alpha value is -8.31. The van der Waals surface area contributed by atoms with Crippen LogP contribution in [0.1, 0.15) is 67.9 Å². The van der Waals surface area contributed by atoms with Gasteiger partial charge in [-0.3, -0.25) is 0 Å². The van der Waals surface area contributed by atoms with Gasteiger partial charge in [0.2, 0.25) is 0 Å². The molecule has 0 saturated carbocycles. The number of hydrogen-bond acceptors (Lipinski definition) is 2. The average molecular weight is 1180 g/mol. The molecule has 0 bridgehead atoms. The number of fused-ring (bicyclic) bond motifs is 10. The van der Waals surface area contributed by atoms with Crippen molar-refractivity contribution >= 4 is 70.9 Å². The number of ether oxygens (including phenoxy) is 1. The first-order valence-electron chi connectivity index (χ1n) is 27.8. The molecule has 0 amide bonds. The smallest absolute Gasteiger partial charge is 0.0620 e. The summed E-state index contributed by atoms with van der Waals surface area (Å²) in [5.74, 6) is 1.53. The molecule has 6 nitrogen and oxygen atoms in total. The molecular formula is C70H57N5OPt. The topological polar surface area (TPSA) is 41.3 Å². The third kappa shape index (κ3) is 7.47. The summed E-state index contributed by atoms with van der Waals surface area (Å²) in [6.45, 7) is 13.3. The quantitative estimate of drug-likeness (QED) is 0.160. The zero-order chi connectivity index (χ0) is 55.1. The molecule has 14 rings (SSSR count). The Morgan fingerprint density at radius 1 is 0.481 bits per heavy atom. The number of para-hydroxylation sites is 5. The molecule has 378 valence electrons. The number of imidazole rings is 1. The molecule has 0 aliphatic carbocycles. The van der Waals surface area contributed by atoms with Gasteiger partial charge in [-0.05, 0) is 24.6 Å². The normalized spacial score (nSPS) is 13.2. The number of aromatic nitrogens is 5. The maximum atomic E-state index is 8.85. The van der Waals surface area contributed by atoms with Crippen LogP contribution in [0.3, 0.4) is 0 Å². The summed E-state index contributed by atoms with van der Waals surface area (Å²) in [5.41, 5.74) is 17.2. The summed E-state index contributed by atoms with van der Waals surface area (Å²) < 4.78 is 43.7. The fraction of sp³-hybridized carbons (Fsp3) is 0.143. The Balaban J connectivity index is 0.963. The van der Waals surface area contributed by atoms with Gasteiger partial charge in [-0.2, -0.15) is 0 Å². The molecule has 9 aromatic carbocycles. The van der Waals surface area contributed by atoms with Gasteiger partial charge < -0.3 is 4.40 Å².